The van der Waals surface area contributed by atoms with Crippen molar-refractivity contribution in [3.8, 4) is 11.4 Å². The van der Waals surface area contributed by atoms with Gasteiger partial charge in [-0.25, -0.2) is 4.68 Å². The lowest BCUT2D eigenvalue weighted by molar-refractivity contribution is -0.142. The molecular weight excluding hydrogens is 349 g/mol. The Balaban J connectivity index is 0.00000288. The van der Waals surface area contributed by atoms with Crippen LogP contribution >= 0.6 is 11.6 Å². The van der Waals surface area contributed by atoms with Gasteiger partial charge in [0.2, 0.25) is 5.91 Å². The molecule has 1 amide bonds. The highest BCUT2D eigenvalue weighted by atomic mass is 35.5. The molecule has 0 radical (unpaired) electrons. The van der Waals surface area contributed by atoms with Crippen molar-refractivity contribution in [2.24, 2.45) is 0 Å². The van der Waals surface area contributed by atoms with Crippen molar-refractivity contribution in [2.75, 3.05) is 12.4 Å². The van der Waals surface area contributed by atoms with E-state index in [1.165, 1.54) is 30.4 Å². The molecule has 2 heterocycles. The molecule has 24 heavy (non-hydrogen) atoms. The quantitative estimate of drug-likeness (QED) is 0.875. The van der Waals surface area contributed by atoms with Crippen LogP contribution < -0.4 is 10.1 Å². The zero-order valence-electron chi connectivity index (χ0n) is 11.9. The molecule has 0 saturated heterocycles. The SMILES string of the molecule is C.COc1cncc(-n2cc(NC(=O)CCC(F)(F)F)c(Cl)n2)c1. The number of hydrogen-bond acceptors (Lipinski definition) is 4. The van der Waals surface area contributed by atoms with Crippen LogP contribution in [0.1, 0.15) is 20.3 Å². The zero-order valence-corrected chi connectivity index (χ0v) is 12.6. The minimum absolute atomic E-state index is 0. The summed E-state index contributed by atoms with van der Waals surface area (Å²) in [5.41, 5.74) is 0.628. The topological polar surface area (TPSA) is 69.0 Å². The Hall–Kier alpha value is -2.29. The molecule has 0 bridgehead atoms. The molecule has 132 valence electrons. The number of rotatable bonds is 5. The second-order valence-corrected chi connectivity index (χ2v) is 4.88. The molecule has 6 nitrogen and oxygen atoms in total. The van der Waals surface area contributed by atoms with E-state index in [-0.39, 0.29) is 18.3 Å². The van der Waals surface area contributed by atoms with Crippen molar-refractivity contribution in [1.82, 2.24) is 14.8 Å². The van der Waals surface area contributed by atoms with Crippen LogP contribution in [0.15, 0.2) is 24.7 Å². The van der Waals surface area contributed by atoms with Gasteiger partial charge in [-0.3, -0.25) is 9.78 Å². The van der Waals surface area contributed by atoms with E-state index >= 15 is 0 Å². The number of carbonyl (C=O) groups is 1. The molecule has 0 atom stereocenters. The first-order chi connectivity index (χ1) is 10.8. The number of carbonyl (C=O) groups excluding carboxylic acids is 1. The molecule has 2 rings (SSSR count). The summed E-state index contributed by atoms with van der Waals surface area (Å²) in [6.07, 6.45) is -1.92. The van der Waals surface area contributed by atoms with Crippen LogP contribution in [0, 0.1) is 0 Å². The first-order valence-corrected chi connectivity index (χ1v) is 6.77. The average molecular weight is 365 g/mol. The molecule has 0 saturated carbocycles. The highest BCUT2D eigenvalue weighted by Crippen LogP contribution is 2.25. The highest BCUT2D eigenvalue weighted by molar-refractivity contribution is 6.32. The second kappa shape index (κ2) is 8.00. The molecule has 0 aliphatic carbocycles. The van der Waals surface area contributed by atoms with Gasteiger partial charge in [0.25, 0.3) is 0 Å². The van der Waals surface area contributed by atoms with Crippen molar-refractivity contribution in [3.05, 3.63) is 29.8 Å². The van der Waals surface area contributed by atoms with Gasteiger partial charge in [-0.2, -0.15) is 18.3 Å². The standard InChI is InChI=1S/C13H12ClF3N4O2.CH4/c1-23-9-4-8(5-18-6-9)21-7-10(12(14)20-21)19-11(22)2-3-13(15,16)17;/h4-7H,2-3H2,1H3,(H,19,22);1H4. The minimum Gasteiger partial charge on any atom is -0.495 e. The van der Waals surface area contributed by atoms with Gasteiger partial charge in [0.1, 0.15) is 5.75 Å². The Morgan fingerprint density at radius 1 is 1.42 bits per heavy atom. The number of nitrogens with zero attached hydrogens (tertiary/aromatic N) is 3. The lowest BCUT2D eigenvalue weighted by Gasteiger charge is -2.06. The van der Waals surface area contributed by atoms with Crippen LogP contribution in [0.2, 0.25) is 5.15 Å². The number of ether oxygens (including phenoxy) is 1. The fourth-order valence-corrected chi connectivity index (χ4v) is 1.86. The number of aromatic nitrogens is 3. The van der Waals surface area contributed by atoms with Crippen molar-refractivity contribution >= 4 is 23.2 Å². The number of nitrogens with one attached hydrogen (secondary N) is 1. The van der Waals surface area contributed by atoms with Gasteiger partial charge in [-0.05, 0) is 0 Å². The normalized spacial score (nSPS) is 10.9. The number of anilines is 1. The van der Waals surface area contributed by atoms with E-state index < -0.39 is 24.9 Å². The molecule has 10 heteroatoms. The molecule has 0 spiro atoms. The van der Waals surface area contributed by atoms with Crippen LogP contribution in [0.5, 0.6) is 5.75 Å². The summed E-state index contributed by atoms with van der Waals surface area (Å²) < 4.78 is 42.6. The molecule has 2 aromatic rings. The first-order valence-electron chi connectivity index (χ1n) is 6.39. The van der Waals surface area contributed by atoms with Crippen LogP contribution in [0.3, 0.4) is 0 Å². The third kappa shape index (κ3) is 5.41. The summed E-state index contributed by atoms with van der Waals surface area (Å²) >= 11 is 5.88. The molecule has 0 unspecified atom stereocenters. The molecule has 1 N–H and O–H groups in total. The number of amides is 1. The van der Waals surface area contributed by atoms with E-state index in [9.17, 15) is 18.0 Å². The number of halogens is 4. The average Bonchev–Trinajstić information content (AvgIpc) is 2.86. The van der Waals surface area contributed by atoms with Crippen molar-refractivity contribution in [3.63, 3.8) is 0 Å². The third-order valence-corrected chi connectivity index (χ3v) is 3.06. The summed E-state index contributed by atoms with van der Waals surface area (Å²) in [5.74, 6) is -0.308. The van der Waals surface area contributed by atoms with Crippen LogP contribution in [0.25, 0.3) is 5.69 Å². The molecule has 0 aliphatic heterocycles. The van der Waals surface area contributed by atoms with Gasteiger partial charge in [-0.15, -0.1) is 0 Å². The monoisotopic (exact) mass is 364 g/mol. The third-order valence-electron chi connectivity index (χ3n) is 2.78. The maximum atomic E-state index is 12.1. The second-order valence-electron chi connectivity index (χ2n) is 4.52. The lowest BCUT2D eigenvalue weighted by atomic mass is 10.3. The Morgan fingerprint density at radius 3 is 2.75 bits per heavy atom. The summed E-state index contributed by atoms with van der Waals surface area (Å²) in [7, 11) is 1.48. The zero-order chi connectivity index (χ0) is 17.0. The predicted octanol–water partition coefficient (Wildman–Crippen LogP) is 3.85. The predicted molar refractivity (Wildman–Crippen MR) is 83.6 cm³/mol. The van der Waals surface area contributed by atoms with E-state index in [1.807, 2.05) is 0 Å². The van der Waals surface area contributed by atoms with Gasteiger partial charge >= 0.3 is 6.18 Å². The molecular formula is C14H16ClF3N4O2. The molecule has 0 fully saturated rings. The Labute approximate surface area is 141 Å². The number of pyridine rings is 1. The van der Waals surface area contributed by atoms with E-state index in [0.29, 0.717) is 11.4 Å². The summed E-state index contributed by atoms with van der Waals surface area (Å²) in [4.78, 5) is 15.5. The largest absolute Gasteiger partial charge is 0.495 e. The number of alkyl halides is 3. The van der Waals surface area contributed by atoms with E-state index in [0.717, 1.165) is 0 Å². The van der Waals surface area contributed by atoms with E-state index in [1.54, 1.807) is 6.07 Å². The Bertz CT molecular complexity index is 704. The summed E-state index contributed by atoms with van der Waals surface area (Å²) in [6.45, 7) is 0. The summed E-state index contributed by atoms with van der Waals surface area (Å²) in [5, 5.41) is 6.22. The van der Waals surface area contributed by atoms with Crippen LogP contribution in [-0.2, 0) is 4.79 Å². The molecule has 0 aromatic carbocycles. The van der Waals surface area contributed by atoms with E-state index in [4.69, 9.17) is 16.3 Å². The number of methoxy groups -OCH3 is 1. The highest BCUT2D eigenvalue weighted by Gasteiger charge is 2.28. The van der Waals surface area contributed by atoms with E-state index in [2.05, 4.69) is 15.4 Å². The minimum atomic E-state index is -4.39. The smallest absolute Gasteiger partial charge is 0.389 e. The van der Waals surface area contributed by atoms with Gasteiger partial charge in [-0.1, -0.05) is 19.0 Å². The van der Waals surface area contributed by atoms with Crippen LogP contribution in [-0.4, -0.2) is 34.0 Å². The Morgan fingerprint density at radius 2 is 2.12 bits per heavy atom. The molecule has 0 aliphatic rings. The summed E-state index contributed by atoms with van der Waals surface area (Å²) in [6, 6.07) is 1.63. The maximum Gasteiger partial charge on any atom is 0.389 e. The Kier molecular flexibility index (Phi) is 6.59. The van der Waals surface area contributed by atoms with Crippen molar-refractivity contribution in [2.45, 2.75) is 26.4 Å². The maximum absolute atomic E-state index is 12.1. The number of hydrogen-bond donors (Lipinski definition) is 1. The van der Waals surface area contributed by atoms with Gasteiger partial charge in [0.15, 0.2) is 5.15 Å². The van der Waals surface area contributed by atoms with Gasteiger partial charge < -0.3 is 10.1 Å². The van der Waals surface area contributed by atoms with Crippen molar-refractivity contribution in [1.29, 1.82) is 0 Å². The van der Waals surface area contributed by atoms with Crippen molar-refractivity contribution < 1.29 is 22.7 Å². The fourth-order valence-electron chi connectivity index (χ4n) is 1.68. The fraction of sp³-hybridized carbons (Fsp3) is 0.357. The van der Waals surface area contributed by atoms with Gasteiger partial charge in [0.05, 0.1) is 43.5 Å². The molecule has 2 aromatic heterocycles. The van der Waals surface area contributed by atoms with Crippen LogP contribution in [0.4, 0.5) is 18.9 Å². The first kappa shape index (κ1) is 19.8. The van der Waals surface area contributed by atoms with Gasteiger partial charge in [0, 0.05) is 12.5 Å². The lowest BCUT2D eigenvalue weighted by Crippen LogP contribution is -2.16.